The van der Waals surface area contributed by atoms with Crippen molar-refractivity contribution in [2.24, 2.45) is 5.92 Å². The lowest BCUT2D eigenvalue weighted by molar-refractivity contribution is -0.384. The summed E-state index contributed by atoms with van der Waals surface area (Å²) in [6.07, 6.45) is -4.75. The van der Waals surface area contributed by atoms with E-state index in [1.54, 1.807) is 31.4 Å². The number of amides is 2. The van der Waals surface area contributed by atoms with Crippen molar-refractivity contribution in [3.8, 4) is 0 Å². The number of carbonyl (C=O) groups is 2. The largest absolute Gasteiger partial charge is 0.416 e. The van der Waals surface area contributed by atoms with E-state index in [0.717, 1.165) is 6.07 Å². The number of hydrogen-bond acceptors (Lipinski definition) is 6. The average Bonchev–Trinajstić information content (AvgIpc) is 3.17. The molecule has 2 rings (SSSR count). The van der Waals surface area contributed by atoms with Crippen molar-refractivity contribution < 1.29 is 27.7 Å². The molecule has 12 heteroatoms. The highest BCUT2D eigenvalue weighted by Crippen LogP contribution is 2.34. The molecule has 0 aliphatic rings. The second-order valence-corrected chi connectivity index (χ2v) is 7.22. The van der Waals surface area contributed by atoms with Gasteiger partial charge in [0.15, 0.2) is 0 Å². The van der Waals surface area contributed by atoms with Crippen LogP contribution in [0.15, 0.2) is 35.7 Å². The molecule has 0 spiro atoms. The number of thiophene rings is 1. The maximum absolute atomic E-state index is 12.8. The van der Waals surface area contributed by atoms with Crippen molar-refractivity contribution in [3.63, 3.8) is 0 Å². The van der Waals surface area contributed by atoms with Gasteiger partial charge >= 0.3 is 6.18 Å². The predicted octanol–water partition coefficient (Wildman–Crippen LogP) is 3.57. The molecule has 0 aliphatic carbocycles. The summed E-state index contributed by atoms with van der Waals surface area (Å²) in [6.45, 7) is 3.36. The van der Waals surface area contributed by atoms with E-state index in [1.165, 1.54) is 11.3 Å². The fourth-order valence-electron chi connectivity index (χ4n) is 2.33. The molecule has 0 bridgehead atoms. The highest BCUT2D eigenvalue weighted by molar-refractivity contribution is 7.12. The van der Waals surface area contributed by atoms with Gasteiger partial charge in [-0.1, -0.05) is 19.9 Å². The Morgan fingerprint density at radius 1 is 1.21 bits per heavy atom. The van der Waals surface area contributed by atoms with Gasteiger partial charge in [0.05, 0.1) is 15.4 Å². The van der Waals surface area contributed by atoms with E-state index < -0.39 is 40.2 Å². The first-order chi connectivity index (χ1) is 13.5. The Balaban J connectivity index is 2.13. The molecule has 1 aromatic heterocycles. The van der Waals surface area contributed by atoms with Crippen molar-refractivity contribution >= 4 is 34.5 Å². The summed E-state index contributed by atoms with van der Waals surface area (Å²) in [5.74, 6) is -1.50. The van der Waals surface area contributed by atoms with Gasteiger partial charge in [-0.05, 0) is 29.5 Å². The molecule has 29 heavy (non-hydrogen) atoms. The molecule has 0 saturated heterocycles. The van der Waals surface area contributed by atoms with E-state index in [9.17, 15) is 32.9 Å². The van der Waals surface area contributed by atoms with Crippen LogP contribution < -0.4 is 16.2 Å². The quantitative estimate of drug-likeness (QED) is 0.459. The van der Waals surface area contributed by atoms with Crippen LogP contribution >= 0.6 is 11.3 Å². The standard InChI is InChI=1S/C17H17F3N4O4S/c1-9(2)14(21-15(25)13-4-3-7-29-13)16(26)23-22-11-6-5-10(17(18,19)20)8-12(11)24(27)28/h3-9,14,22H,1-2H3,(H,21,25)(H,23,26). The maximum atomic E-state index is 12.8. The van der Waals surface area contributed by atoms with Crippen LogP contribution in [0.3, 0.4) is 0 Å². The van der Waals surface area contributed by atoms with Crippen molar-refractivity contribution in [2.45, 2.75) is 26.1 Å². The number of nitro benzene ring substituents is 1. The molecule has 1 heterocycles. The fraction of sp³-hybridized carbons (Fsp3) is 0.294. The number of nitro groups is 1. The molecule has 0 fully saturated rings. The minimum atomic E-state index is -4.75. The van der Waals surface area contributed by atoms with Crippen LogP contribution in [-0.2, 0) is 11.0 Å². The van der Waals surface area contributed by atoms with Crippen LogP contribution in [0.25, 0.3) is 0 Å². The van der Waals surface area contributed by atoms with Crippen LogP contribution in [-0.4, -0.2) is 22.8 Å². The monoisotopic (exact) mass is 430 g/mol. The molecular formula is C17H17F3N4O4S. The maximum Gasteiger partial charge on any atom is 0.416 e. The van der Waals surface area contributed by atoms with Crippen molar-refractivity contribution in [1.82, 2.24) is 10.7 Å². The molecule has 0 radical (unpaired) electrons. The lowest BCUT2D eigenvalue weighted by Gasteiger charge is -2.22. The van der Waals surface area contributed by atoms with Gasteiger partial charge in [0.2, 0.25) is 0 Å². The third-order valence-corrected chi connectivity index (χ3v) is 4.69. The minimum absolute atomic E-state index is 0.330. The van der Waals surface area contributed by atoms with E-state index in [4.69, 9.17) is 0 Å². The van der Waals surface area contributed by atoms with E-state index in [-0.39, 0.29) is 11.6 Å². The van der Waals surface area contributed by atoms with E-state index in [2.05, 4.69) is 16.2 Å². The number of nitrogens with zero attached hydrogens (tertiary/aromatic N) is 1. The highest BCUT2D eigenvalue weighted by Gasteiger charge is 2.33. The Morgan fingerprint density at radius 2 is 1.90 bits per heavy atom. The zero-order chi connectivity index (χ0) is 21.8. The van der Waals surface area contributed by atoms with Gasteiger partial charge in [-0.25, -0.2) is 0 Å². The molecule has 2 aromatic rings. The summed E-state index contributed by atoms with van der Waals surface area (Å²) in [7, 11) is 0. The first-order valence-electron chi connectivity index (χ1n) is 8.26. The van der Waals surface area contributed by atoms with Gasteiger partial charge < -0.3 is 5.32 Å². The molecule has 8 nitrogen and oxygen atoms in total. The normalized spacial score (nSPS) is 12.3. The lowest BCUT2D eigenvalue weighted by Crippen LogP contribution is -2.51. The van der Waals surface area contributed by atoms with Crippen LogP contribution in [0.2, 0.25) is 0 Å². The highest BCUT2D eigenvalue weighted by atomic mass is 32.1. The van der Waals surface area contributed by atoms with E-state index >= 15 is 0 Å². The summed E-state index contributed by atoms with van der Waals surface area (Å²) in [4.78, 5) is 35.1. The zero-order valence-corrected chi connectivity index (χ0v) is 16.1. The van der Waals surface area contributed by atoms with Crippen molar-refractivity contribution in [2.75, 3.05) is 5.43 Å². The van der Waals surface area contributed by atoms with Crippen LogP contribution in [0.1, 0.15) is 29.1 Å². The van der Waals surface area contributed by atoms with Crippen LogP contribution in [0.5, 0.6) is 0 Å². The molecule has 1 atom stereocenters. The number of halogens is 3. The van der Waals surface area contributed by atoms with Gasteiger partial charge in [-0.2, -0.15) is 13.2 Å². The van der Waals surface area contributed by atoms with Crippen LogP contribution in [0.4, 0.5) is 24.5 Å². The Kier molecular flexibility index (Phi) is 6.80. The number of alkyl halides is 3. The molecular weight excluding hydrogens is 413 g/mol. The summed E-state index contributed by atoms with van der Waals surface area (Å²) in [5.41, 5.74) is 2.08. The minimum Gasteiger partial charge on any atom is -0.339 e. The smallest absolute Gasteiger partial charge is 0.339 e. The second-order valence-electron chi connectivity index (χ2n) is 6.27. The van der Waals surface area contributed by atoms with Gasteiger partial charge in [-0.15, -0.1) is 11.3 Å². The number of benzene rings is 1. The van der Waals surface area contributed by atoms with Gasteiger partial charge in [0, 0.05) is 6.07 Å². The molecule has 156 valence electrons. The molecule has 2 amide bonds. The van der Waals surface area contributed by atoms with E-state index in [1.807, 2.05) is 0 Å². The molecule has 0 aliphatic heterocycles. The Bertz CT molecular complexity index is 901. The lowest BCUT2D eigenvalue weighted by atomic mass is 10.0. The number of anilines is 1. The Morgan fingerprint density at radius 3 is 2.41 bits per heavy atom. The number of rotatable bonds is 7. The van der Waals surface area contributed by atoms with Crippen molar-refractivity contribution in [1.29, 1.82) is 0 Å². The Labute approximate surface area is 167 Å². The molecule has 3 N–H and O–H groups in total. The number of hydrogen-bond donors (Lipinski definition) is 3. The average molecular weight is 430 g/mol. The third kappa shape index (κ3) is 5.67. The van der Waals surface area contributed by atoms with Gasteiger partial charge in [-0.3, -0.25) is 30.6 Å². The summed E-state index contributed by atoms with van der Waals surface area (Å²) < 4.78 is 38.3. The number of carbonyl (C=O) groups excluding carboxylic acids is 2. The Hall–Kier alpha value is -3.15. The molecule has 0 saturated carbocycles. The zero-order valence-electron chi connectivity index (χ0n) is 15.2. The third-order valence-electron chi connectivity index (χ3n) is 3.82. The summed E-state index contributed by atoms with van der Waals surface area (Å²) >= 11 is 1.19. The molecule has 1 aromatic carbocycles. The second kappa shape index (κ2) is 8.90. The topological polar surface area (TPSA) is 113 Å². The first kappa shape index (κ1) is 22.1. The number of nitrogens with one attached hydrogen (secondary N) is 3. The fourth-order valence-corrected chi connectivity index (χ4v) is 2.95. The summed E-state index contributed by atoms with van der Waals surface area (Å²) in [6, 6.07) is 4.14. The predicted molar refractivity (Wildman–Crippen MR) is 100 cm³/mol. The summed E-state index contributed by atoms with van der Waals surface area (Å²) in [5, 5.41) is 15.4. The first-order valence-corrected chi connectivity index (χ1v) is 9.14. The number of hydrazine groups is 1. The van der Waals surface area contributed by atoms with E-state index in [0.29, 0.717) is 17.0 Å². The van der Waals surface area contributed by atoms with Crippen molar-refractivity contribution in [3.05, 3.63) is 56.3 Å². The SMILES string of the molecule is CC(C)C(NC(=O)c1cccs1)C(=O)NNc1ccc(C(F)(F)F)cc1[N+](=O)[O-]. The van der Waals surface area contributed by atoms with Gasteiger partial charge in [0.1, 0.15) is 11.7 Å². The van der Waals surface area contributed by atoms with Crippen LogP contribution in [0, 0.1) is 16.0 Å². The van der Waals surface area contributed by atoms with Gasteiger partial charge in [0.25, 0.3) is 17.5 Å². The molecule has 1 unspecified atom stereocenters.